The van der Waals surface area contributed by atoms with Crippen LogP contribution in [0.4, 0.5) is 0 Å². The molecular weight excluding hydrogens is 340 g/mol. The molecule has 0 saturated heterocycles. The molecule has 0 radical (unpaired) electrons. The molecule has 2 aromatic heterocycles. The number of nitrogens with one attached hydrogen (secondary N) is 1. The first-order valence-corrected chi connectivity index (χ1v) is 8.94. The number of imidazole rings is 1. The van der Waals surface area contributed by atoms with Gasteiger partial charge in [-0.05, 0) is 47.9 Å². The Labute approximate surface area is 159 Å². The highest BCUT2D eigenvalue weighted by Gasteiger charge is 2.19. The summed E-state index contributed by atoms with van der Waals surface area (Å²) in [6, 6.07) is 10.9. The van der Waals surface area contributed by atoms with Gasteiger partial charge in [-0.15, -0.1) is 0 Å². The second-order valence-corrected chi connectivity index (χ2v) is 6.74. The van der Waals surface area contributed by atoms with Crippen LogP contribution in [0.2, 0.25) is 0 Å². The number of benzene rings is 1. The molecule has 0 aliphatic carbocycles. The van der Waals surface area contributed by atoms with Gasteiger partial charge in [0.15, 0.2) is 0 Å². The van der Waals surface area contributed by atoms with Gasteiger partial charge in [-0.3, -0.25) is 9.78 Å². The predicted molar refractivity (Wildman–Crippen MR) is 103 cm³/mol. The highest BCUT2D eigenvalue weighted by molar-refractivity contribution is 5.94. The Morgan fingerprint density at radius 3 is 2.41 bits per heavy atom. The van der Waals surface area contributed by atoms with Crippen molar-refractivity contribution in [1.82, 2.24) is 19.9 Å². The van der Waals surface area contributed by atoms with Crippen molar-refractivity contribution >= 4 is 5.91 Å². The highest BCUT2D eigenvalue weighted by atomic mass is 16.5. The summed E-state index contributed by atoms with van der Waals surface area (Å²) < 4.78 is 7.64. The second kappa shape index (κ2) is 8.49. The van der Waals surface area contributed by atoms with Gasteiger partial charge in [-0.25, -0.2) is 4.98 Å². The zero-order chi connectivity index (χ0) is 19.2. The molecule has 3 rings (SSSR count). The Kier molecular flexibility index (Phi) is 5.86. The number of carbonyl (C=O) groups is 1. The van der Waals surface area contributed by atoms with Gasteiger partial charge in [-0.1, -0.05) is 13.8 Å². The van der Waals surface area contributed by atoms with E-state index in [0.717, 1.165) is 11.4 Å². The molecule has 0 bridgehead atoms. The van der Waals surface area contributed by atoms with E-state index in [-0.39, 0.29) is 17.9 Å². The van der Waals surface area contributed by atoms with Crippen molar-refractivity contribution in [1.29, 1.82) is 0 Å². The minimum absolute atomic E-state index is 0.0696. The van der Waals surface area contributed by atoms with E-state index in [2.05, 4.69) is 29.1 Å². The molecule has 1 amide bonds. The third-order valence-corrected chi connectivity index (χ3v) is 4.42. The summed E-state index contributed by atoms with van der Waals surface area (Å²) >= 11 is 0. The smallest absolute Gasteiger partial charge is 0.251 e. The number of hydrogen-bond acceptors (Lipinski definition) is 4. The molecule has 27 heavy (non-hydrogen) atoms. The Hall–Kier alpha value is -3.15. The fourth-order valence-corrected chi connectivity index (χ4v) is 2.82. The SMILES string of the molecule is CC(C)[C@H](NC(=O)c1ccc(OCc2nccn2C)cc1)c1ccncc1. The average molecular weight is 364 g/mol. The third-order valence-electron chi connectivity index (χ3n) is 4.42. The lowest BCUT2D eigenvalue weighted by Crippen LogP contribution is -2.31. The first-order valence-electron chi connectivity index (χ1n) is 8.94. The minimum atomic E-state index is -0.110. The fraction of sp³-hybridized carbons (Fsp3) is 0.286. The van der Waals surface area contributed by atoms with Crippen LogP contribution in [0.3, 0.4) is 0 Å². The van der Waals surface area contributed by atoms with Crippen LogP contribution in [0, 0.1) is 5.92 Å². The van der Waals surface area contributed by atoms with Gasteiger partial charge in [0.05, 0.1) is 6.04 Å². The van der Waals surface area contributed by atoms with Gasteiger partial charge in [0, 0.05) is 37.4 Å². The molecule has 3 aromatic rings. The number of aryl methyl sites for hydroxylation is 1. The van der Waals surface area contributed by atoms with E-state index in [1.807, 2.05) is 29.9 Å². The van der Waals surface area contributed by atoms with E-state index < -0.39 is 0 Å². The first-order chi connectivity index (χ1) is 13.0. The van der Waals surface area contributed by atoms with Crippen LogP contribution in [-0.2, 0) is 13.7 Å². The van der Waals surface area contributed by atoms with E-state index in [1.165, 1.54) is 0 Å². The van der Waals surface area contributed by atoms with Crippen molar-refractivity contribution in [3.8, 4) is 5.75 Å². The van der Waals surface area contributed by atoms with E-state index in [1.54, 1.807) is 42.9 Å². The van der Waals surface area contributed by atoms with Crippen LogP contribution in [0.15, 0.2) is 61.2 Å². The number of amides is 1. The van der Waals surface area contributed by atoms with Crippen molar-refractivity contribution in [2.24, 2.45) is 13.0 Å². The van der Waals surface area contributed by atoms with E-state index in [9.17, 15) is 4.79 Å². The second-order valence-electron chi connectivity index (χ2n) is 6.74. The molecule has 140 valence electrons. The largest absolute Gasteiger partial charge is 0.486 e. The quantitative estimate of drug-likeness (QED) is 0.696. The summed E-state index contributed by atoms with van der Waals surface area (Å²) in [6.45, 7) is 4.55. The fourth-order valence-electron chi connectivity index (χ4n) is 2.82. The lowest BCUT2D eigenvalue weighted by molar-refractivity contribution is 0.0925. The van der Waals surface area contributed by atoms with Crippen molar-refractivity contribution in [3.63, 3.8) is 0 Å². The zero-order valence-corrected chi connectivity index (χ0v) is 15.8. The van der Waals surface area contributed by atoms with Gasteiger partial charge >= 0.3 is 0 Å². The van der Waals surface area contributed by atoms with Gasteiger partial charge in [-0.2, -0.15) is 0 Å². The molecule has 0 spiro atoms. The maximum absolute atomic E-state index is 12.7. The number of hydrogen-bond donors (Lipinski definition) is 1. The summed E-state index contributed by atoms with van der Waals surface area (Å²) in [5, 5.41) is 3.11. The molecular formula is C21H24N4O2. The van der Waals surface area contributed by atoms with Crippen LogP contribution < -0.4 is 10.1 Å². The van der Waals surface area contributed by atoms with Gasteiger partial charge in [0.2, 0.25) is 0 Å². The number of ether oxygens (including phenoxy) is 1. The lowest BCUT2D eigenvalue weighted by Gasteiger charge is -2.23. The van der Waals surface area contributed by atoms with E-state index in [4.69, 9.17) is 4.74 Å². The molecule has 0 aliphatic heterocycles. The molecule has 0 fully saturated rings. The zero-order valence-electron chi connectivity index (χ0n) is 15.8. The van der Waals surface area contributed by atoms with Crippen LogP contribution in [-0.4, -0.2) is 20.4 Å². The number of pyridine rings is 1. The molecule has 6 nitrogen and oxygen atoms in total. The van der Waals surface area contributed by atoms with Crippen molar-refractivity contribution in [2.45, 2.75) is 26.5 Å². The topological polar surface area (TPSA) is 69.0 Å². The Morgan fingerprint density at radius 1 is 1.11 bits per heavy atom. The van der Waals surface area contributed by atoms with Gasteiger partial charge in [0.1, 0.15) is 18.2 Å². The molecule has 0 unspecified atom stereocenters. The van der Waals surface area contributed by atoms with Gasteiger partial charge < -0.3 is 14.6 Å². The summed E-state index contributed by atoms with van der Waals surface area (Å²) in [5.74, 6) is 1.69. The summed E-state index contributed by atoms with van der Waals surface area (Å²) in [7, 11) is 1.92. The van der Waals surface area contributed by atoms with Crippen molar-refractivity contribution in [3.05, 3.63) is 78.1 Å². The number of nitrogens with zero attached hydrogens (tertiary/aromatic N) is 3. The van der Waals surface area contributed by atoms with E-state index >= 15 is 0 Å². The maximum atomic E-state index is 12.7. The maximum Gasteiger partial charge on any atom is 0.251 e. The molecule has 0 aliphatic rings. The first kappa shape index (κ1) is 18.6. The lowest BCUT2D eigenvalue weighted by atomic mass is 9.96. The highest BCUT2D eigenvalue weighted by Crippen LogP contribution is 2.22. The Balaban J connectivity index is 1.63. The van der Waals surface area contributed by atoms with Crippen molar-refractivity contribution < 1.29 is 9.53 Å². The van der Waals surface area contributed by atoms with Crippen LogP contribution in [0.1, 0.15) is 41.6 Å². The number of carbonyl (C=O) groups excluding carboxylic acids is 1. The predicted octanol–water partition coefficient (Wildman–Crippen LogP) is 3.52. The number of rotatable bonds is 7. The van der Waals surface area contributed by atoms with Crippen LogP contribution >= 0.6 is 0 Å². The van der Waals surface area contributed by atoms with Crippen LogP contribution in [0.25, 0.3) is 0 Å². The Bertz CT molecular complexity index is 873. The summed E-state index contributed by atoms with van der Waals surface area (Å²) in [5.41, 5.74) is 1.64. The molecule has 6 heteroatoms. The van der Waals surface area contributed by atoms with Crippen LogP contribution in [0.5, 0.6) is 5.75 Å². The molecule has 1 atom stereocenters. The summed E-state index contributed by atoms with van der Waals surface area (Å²) in [4.78, 5) is 20.9. The standard InChI is InChI=1S/C21H24N4O2/c1-15(2)20(16-8-10-22-11-9-16)24-21(26)17-4-6-18(7-5-17)27-14-19-23-12-13-25(19)3/h4-13,15,20H,14H2,1-3H3,(H,24,26)/t20-/m0/s1. The molecule has 1 aromatic carbocycles. The molecule has 2 heterocycles. The minimum Gasteiger partial charge on any atom is -0.486 e. The average Bonchev–Trinajstić information content (AvgIpc) is 3.10. The number of aromatic nitrogens is 3. The monoisotopic (exact) mass is 364 g/mol. The Morgan fingerprint density at radius 2 is 1.81 bits per heavy atom. The van der Waals surface area contributed by atoms with Crippen molar-refractivity contribution in [2.75, 3.05) is 0 Å². The molecule has 1 N–H and O–H groups in total. The third kappa shape index (κ3) is 4.73. The van der Waals surface area contributed by atoms with Gasteiger partial charge in [0.25, 0.3) is 5.91 Å². The molecule has 0 saturated carbocycles. The summed E-state index contributed by atoms with van der Waals surface area (Å²) in [6.07, 6.45) is 7.09. The normalized spacial score (nSPS) is 12.0. The van der Waals surface area contributed by atoms with E-state index in [0.29, 0.717) is 17.9 Å².